The SMILES string of the molecule is O=C1NC(=O)N2Cc3[nH]cnc3C=C12. The lowest BCUT2D eigenvalue weighted by molar-refractivity contribution is -0.116. The van der Waals surface area contributed by atoms with E-state index in [2.05, 4.69) is 15.3 Å². The highest BCUT2D eigenvalue weighted by molar-refractivity contribution is 6.14. The number of nitrogens with one attached hydrogen (secondary N) is 2. The number of amides is 3. The molecule has 0 saturated carbocycles. The van der Waals surface area contributed by atoms with Crippen molar-refractivity contribution in [2.75, 3.05) is 0 Å². The molecule has 1 aromatic rings. The number of hydrogen-bond donors (Lipinski definition) is 2. The molecule has 0 radical (unpaired) electrons. The molecular formula is C8H6N4O2. The molecule has 14 heavy (non-hydrogen) atoms. The van der Waals surface area contributed by atoms with Crippen LogP contribution in [0.1, 0.15) is 11.4 Å². The minimum atomic E-state index is -0.374. The van der Waals surface area contributed by atoms with E-state index >= 15 is 0 Å². The Balaban J connectivity index is 2.16. The molecule has 0 unspecified atom stereocenters. The van der Waals surface area contributed by atoms with E-state index in [4.69, 9.17) is 0 Å². The Morgan fingerprint density at radius 2 is 2.29 bits per heavy atom. The summed E-state index contributed by atoms with van der Waals surface area (Å²) in [6.07, 6.45) is 3.15. The summed E-state index contributed by atoms with van der Waals surface area (Å²) in [6.45, 7) is 0.374. The molecule has 0 bridgehead atoms. The highest BCUT2D eigenvalue weighted by Gasteiger charge is 2.36. The van der Waals surface area contributed by atoms with Gasteiger partial charge in [0.05, 0.1) is 24.3 Å². The number of carbonyl (C=O) groups is 2. The van der Waals surface area contributed by atoms with E-state index in [0.29, 0.717) is 12.2 Å². The molecule has 0 aliphatic carbocycles. The molecule has 0 atom stereocenters. The van der Waals surface area contributed by atoms with Gasteiger partial charge in [0.2, 0.25) is 0 Å². The number of aromatic nitrogens is 2. The molecule has 3 rings (SSSR count). The smallest absolute Gasteiger partial charge is 0.329 e. The van der Waals surface area contributed by atoms with Crippen molar-refractivity contribution in [3.63, 3.8) is 0 Å². The lowest BCUT2D eigenvalue weighted by Crippen LogP contribution is -2.28. The van der Waals surface area contributed by atoms with Crippen LogP contribution in [0.3, 0.4) is 0 Å². The first-order chi connectivity index (χ1) is 6.75. The molecule has 70 valence electrons. The summed E-state index contributed by atoms with van der Waals surface area (Å²) in [5, 5.41) is 2.22. The van der Waals surface area contributed by atoms with Gasteiger partial charge < -0.3 is 4.98 Å². The average molecular weight is 190 g/mol. The molecular weight excluding hydrogens is 184 g/mol. The van der Waals surface area contributed by atoms with E-state index in [1.54, 1.807) is 12.4 Å². The number of H-pyrrole nitrogens is 1. The maximum atomic E-state index is 11.3. The molecule has 6 heteroatoms. The molecule has 1 aromatic heterocycles. The van der Waals surface area contributed by atoms with Gasteiger partial charge in [-0.3, -0.25) is 15.0 Å². The number of imide groups is 1. The first kappa shape index (κ1) is 7.31. The predicted octanol–water partition coefficient (Wildman–Crippen LogP) is -0.184. The van der Waals surface area contributed by atoms with Crippen molar-refractivity contribution < 1.29 is 9.59 Å². The van der Waals surface area contributed by atoms with Crippen molar-refractivity contribution in [1.29, 1.82) is 0 Å². The van der Waals surface area contributed by atoms with E-state index in [0.717, 1.165) is 11.4 Å². The maximum absolute atomic E-state index is 11.3. The number of aromatic amines is 1. The van der Waals surface area contributed by atoms with Crippen LogP contribution < -0.4 is 5.32 Å². The van der Waals surface area contributed by atoms with Crippen LogP contribution in [0.2, 0.25) is 0 Å². The van der Waals surface area contributed by atoms with Crippen molar-refractivity contribution >= 4 is 18.0 Å². The van der Waals surface area contributed by atoms with E-state index in [9.17, 15) is 9.59 Å². The number of fused-ring (bicyclic) bond motifs is 2. The second kappa shape index (κ2) is 2.22. The second-order valence-corrected chi connectivity index (χ2v) is 3.14. The van der Waals surface area contributed by atoms with Gasteiger partial charge in [0, 0.05) is 0 Å². The first-order valence-corrected chi connectivity index (χ1v) is 4.12. The minimum absolute atomic E-state index is 0.358. The fourth-order valence-corrected chi connectivity index (χ4v) is 1.63. The Morgan fingerprint density at radius 1 is 1.43 bits per heavy atom. The monoisotopic (exact) mass is 190 g/mol. The van der Waals surface area contributed by atoms with Crippen molar-refractivity contribution in [3.8, 4) is 0 Å². The molecule has 2 N–H and O–H groups in total. The van der Waals surface area contributed by atoms with E-state index < -0.39 is 0 Å². The van der Waals surface area contributed by atoms with Crippen LogP contribution in [0.25, 0.3) is 6.08 Å². The van der Waals surface area contributed by atoms with E-state index in [1.165, 1.54) is 4.90 Å². The van der Waals surface area contributed by atoms with Crippen LogP contribution >= 0.6 is 0 Å². The summed E-state index contributed by atoms with van der Waals surface area (Å²) in [5.74, 6) is -0.358. The van der Waals surface area contributed by atoms with Gasteiger partial charge in [-0.25, -0.2) is 9.78 Å². The van der Waals surface area contributed by atoms with Crippen molar-refractivity contribution in [2.24, 2.45) is 0 Å². The number of rotatable bonds is 0. The third-order valence-corrected chi connectivity index (χ3v) is 2.33. The quantitative estimate of drug-likeness (QED) is 0.557. The topological polar surface area (TPSA) is 78.1 Å². The molecule has 1 fully saturated rings. The third-order valence-electron chi connectivity index (χ3n) is 2.33. The van der Waals surface area contributed by atoms with Crippen LogP contribution in [0, 0.1) is 0 Å². The van der Waals surface area contributed by atoms with Gasteiger partial charge >= 0.3 is 6.03 Å². The highest BCUT2D eigenvalue weighted by atomic mass is 16.2. The van der Waals surface area contributed by atoms with Gasteiger partial charge in [0.15, 0.2) is 0 Å². The largest absolute Gasteiger partial charge is 0.346 e. The Bertz CT molecular complexity index is 473. The van der Waals surface area contributed by atoms with Crippen LogP contribution in [-0.4, -0.2) is 26.8 Å². The summed E-state index contributed by atoms with van der Waals surface area (Å²) in [6, 6.07) is -0.374. The molecule has 0 aromatic carbocycles. The maximum Gasteiger partial charge on any atom is 0.329 e. The van der Waals surface area contributed by atoms with Crippen LogP contribution in [-0.2, 0) is 11.3 Å². The van der Waals surface area contributed by atoms with Gasteiger partial charge in [-0.05, 0) is 6.08 Å². The molecule has 2 aliphatic heterocycles. The Morgan fingerprint density at radius 3 is 3.14 bits per heavy atom. The zero-order chi connectivity index (χ0) is 9.71. The second-order valence-electron chi connectivity index (χ2n) is 3.14. The van der Waals surface area contributed by atoms with Gasteiger partial charge in [-0.15, -0.1) is 0 Å². The fraction of sp³-hybridized carbons (Fsp3) is 0.125. The fourth-order valence-electron chi connectivity index (χ4n) is 1.63. The van der Waals surface area contributed by atoms with E-state index in [1.807, 2.05) is 0 Å². The van der Waals surface area contributed by atoms with Crippen molar-refractivity contribution in [3.05, 3.63) is 23.4 Å². The van der Waals surface area contributed by atoms with Crippen LogP contribution in [0.4, 0.5) is 4.79 Å². The van der Waals surface area contributed by atoms with Gasteiger partial charge in [-0.2, -0.15) is 0 Å². The highest BCUT2D eigenvalue weighted by Crippen LogP contribution is 2.25. The summed E-state index contributed by atoms with van der Waals surface area (Å²) < 4.78 is 0. The van der Waals surface area contributed by atoms with Crippen molar-refractivity contribution in [1.82, 2.24) is 20.2 Å². The van der Waals surface area contributed by atoms with Crippen LogP contribution in [0.15, 0.2) is 12.0 Å². The summed E-state index contributed by atoms with van der Waals surface area (Å²) in [5.41, 5.74) is 1.94. The number of urea groups is 1. The first-order valence-electron chi connectivity index (χ1n) is 4.12. The zero-order valence-electron chi connectivity index (χ0n) is 7.07. The Kier molecular flexibility index (Phi) is 1.16. The standard InChI is InChI=1S/C8H6N4O2/c13-7-6-1-4-5(10-3-9-4)2-12(6)8(14)11-7/h1,3H,2H2,(H,9,10)(H,11,13,14). The number of hydrogen-bond acceptors (Lipinski definition) is 3. The molecule has 2 aliphatic rings. The molecule has 6 nitrogen and oxygen atoms in total. The number of nitrogens with zero attached hydrogens (tertiary/aromatic N) is 2. The zero-order valence-corrected chi connectivity index (χ0v) is 7.07. The third kappa shape index (κ3) is 0.769. The Hall–Kier alpha value is -2.11. The van der Waals surface area contributed by atoms with Crippen molar-refractivity contribution in [2.45, 2.75) is 6.54 Å². The normalized spacial score (nSPS) is 18.9. The van der Waals surface area contributed by atoms with E-state index in [-0.39, 0.29) is 11.9 Å². The summed E-state index contributed by atoms with van der Waals surface area (Å²) >= 11 is 0. The summed E-state index contributed by atoms with van der Waals surface area (Å²) in [4.78, 5) is 30.9. The predicted molar refractivity (Wildman–Crippen MR) is 45.6 cm³/mol. The number of imidazole rings is 1. The lowest BCUT2D eigenvalue weighted by Gasteiger charge is -2.18. The van der Waals surface area contributed by atoms with Gasteiger partial charge in [-0.1, -0.05) is 0 Å². The summed E-state index contributed by atoms with van der Waals surface area (Å²) in [7, 11) is 0. The molecule has 3 amide bonds. The lowest BCUT2D eigenvalue weighted by atomic mass is 10.2. The average Bonchev–Trinajstić information content (AvgIpc) is 2.70. The van der Waals surface area contributed by atoms with Gasteiger partial charge in [0.25, 0.3) is 5.91 Å². The molecule has 1 saturated heterocycles. The molecule has 3 heterocycles. The minimum Gasteiger partial charge on any atom is -0.346 e. The van der Waals surface area contributed by atoms with Crippen LogP contribution in [0.5, 0.6) is 0 Å². The van der Waals surface area contributed by atoms with Gasteiger partial charge in [0.1, 0.15) is 5.70 Å². The molecule has 0 spiro atoms. The number of carbonyl (C=O) groups excluding carboxylic acids is 2. The Labute approximate surface area is 78.6 Å².